The maximum absolute atomic E-state index is 11.6. The van der Waals surface area contributed by atoms with Crippen molar-refractivity contribution in [3.05, 3.63) is 0 Å². The van der Waals surface area contributed by atoms with Crippen molar-refractivity contribution in [1.82, 2.24) is 5.32 Å². The van der Waals surface area contributed by atoms with Crippen LogP contribution in [0.1, 0.15) is 27.2 Å². The smallest absolute Gasteiger partial charge is 0.237 e. The number of carbonyl (C=O) groups is 1. The molecule has 16 heavy (non-hydrogen) atoms. The normalized spacial score (nSPS) is 15.6. The zero-order valence-electron chi connectivity index (χ0n) is 10.6. The molecule has 0 aliphatic rings. The molecule has 0 radical (unpaired) electrons. The van der Waals surface area contributed by atoms with Crippen LogP contribution in [0.25, 0.3) is 0 Å². The molecule has 1 amide bonds. The molecule has 4 N–H and O–H groups in total. The number of nitrogens with two attached hydrogens (primary N) is 1. The zero-order valence-corrected chi connectivity index (χ0v) is 10.6. The Labute approximate surface area is 97.3 Å². The Kier molecular flexibility index (Phi) is 6.55. The lowest BCUT2D eigenvalue weighted by Gasteiger charge is -2.26. The van der Waals surface area contributed by atoms with Gasteiger partial charge < -0.3 is 20.9 Å². The number of aliphatic hydroxyl groups is 1. The molecule has 0 rings (SSSR count). The summed E-state index contributed by atoms with van der Waals surface area (Å²) in [6.45, 7) is 6.43. The fourth-order valence-electron chi connectivity index (χ4n) is 1.14. The maximum atomic E-state index is 11.6. The molecule has 0 saturated carbocycles. The molecule has 2 unspecified atom stereocenters. The van der Waals surface area contributed by atoms with Crippen LogP contribution < -0.4 is 11.1 Å². The molecule has 2 atom stereocenters. The third kappa shape index (κ3) is 6.05. The predicted molar refractivity (Wildman–Crippen MR) is 62.9 cm³/mol. The summed E-state index contributed by atoms with van der Waals surface area (Å²) < 4.78 is 4.78. The van der Waals surface area contributed by atoms with Crippen molar-refractivity contribution in [3.63, 3.8) is 0 Å². The van der Waals surface area contributed by atoms with Crippen molar-refractivity contribution in [2.45, 2.75) is 39.3 Å². The summed E-state index contributed by atoms with van der Waals surface area (Å²) in [5, 5.41) is 12.1. The fraction of sp³-hybridized carbons (Fsp3) is 0.909. The van der Waals surface area contributed by atoms with E-state index in [0.717, 1.165) is 0 Å². The molecule has 0 saturated heterocycles. The van der Waals surface area contributed by atoms with Gasteiger partial charge in [-0.15, -0.1) is 0 Å². The number of hydrogen-bond donors (Lipinski definition) is 3. The Morgan fingerprint density at radius 1 is 1.50 bits per heavy atom. The van der Waals surface area contributed by atoms with Gasteiger partial charge in [0, 0.05) is 13.7 Å². The number of rotatable bonds is 6. The highest BCUT2D eigenvalue weighted by Crippen LogP contribution is 2.16. The number of aliphatic hydroxyl groups excluding tert-OH is 1. The minimum atomic E-state index is -0.545. The molecule has 0 aromatic carbocycles. The summed E-state index contributed by atoms with van der Waals surface area (Å²) in [6, 6.07) is -0.535. The van der Waals surface area contributed by atoms with E-state index in [0.29, 0.717) is 13.0 Å². The predicted octanol–water partition coefficient (Wildman–Crippen LogP) is -0.127. The van der Waals surface area contributed by atoms with Gasteiger partial charge in [0.05, 0.1) is 18.8 Å². The van der Waals surface area contributed by atoms with Crippen LogP contribution in [-0.4, -0.2) is 43.4 Å². The van der Waals surface area contributed by atoms with Gasteiger partial charge >= 0.3 is 0 Å². The largest absolute Gasteiger partial charge is 0.391 e. The molecule has 0 spiro atoms. The van der Waals surface area contributed by atoms with Crippen LogP contribution in [0.15, 0.2) is 0 Å². The third-order valence-corrected chi connectivity index (χ3v) is 2.35. The average molecular weight is 232 g/mol. The van der Waals surface area contributed by atoms with Gasteiger partial charge in [0.25, 0.3) is 0 Å². The summed E-state index contributed by atoms with van der Waals surface area (Å²) in [5.41, 5.74) is 5.52. The first kappa shape index (κ1) is 15.3. The Hall–Kier alpha value is -0.650. The van der Waals surface area contributed by atoms with Gasteiger partial charge in [-0.25, -0.2) is 0 Å². The molecule has 0 heterocycles. The molecule has 0 aliphatic carbocycles. The molecular weight excluding hydrogens is 208 g/mol. The summed E-state index contributed by atoms with van der Waals surface area (Å²) in [5.74, 6) is -0.183. The number of ether oxygens (including phenoxy) is 1. The summed E-state index contributed by atoms with van der Waals surface area (Å²) in [4.78, 5) is 11.6. The van der Waals surface area contributed by atoms with Crippen molar-refractivity contribution in [1.29, 1.82) is 0 Å². The van der Waals surface area contributed by atoms with E-state index in [1.807, 2.05) is 20.8 Å². The monoisotopic (exact) mass is 232 g/mol. The molecule has 96 valence electrons. The van der Waals surface area contributed by atoms with Crippen molar-refractivity contribution >= 4 is 5.91 Å². The van der Waals surface area contributed by atoms with Crippen LogP contribution in [0.2, 0.25) is 0 Å². The van der Waals surface area contributed by atoms with Gasteiger partial charge in [0.2, 0.25) is 5.91 Å². The van der Waals surface area contributed by atoms with Crippen molar-refractivity contribution in [2.75, 3.05) is 20.3 Å². The first-order valence-corrected chi connectivity index (χ1v) is 5.49. The van der Waals surface area contributed by atoms with Gasteiger partial charge in [-0.3, -0.25) is 4.79 Å². The van der Waals surface area contributed by atoms with E-state index in [-0.39, 0.29) is 17.9 Å². The third-order valence-electron chi connectivity index (χ3n) is 2.35. The molecule has 5 heteroatoms. The molecular formula is C11H24N2O3. The first-order valence-electron chi connectivity index (χ1n) is 5.49. The SMILES string of the molecule is COCC(O)CCNC(=O)C(N)C(C)(C)C. The van der Waals surface area contributed by atoms with Crippen LogP contribution in [0.4, 0.5) is 0 Å². The minimum Gasteiger partial charge on any atom is -0.391 e. The lowest BCUT2D eigenvalue weighted by atomic mass is 9.87. The van der Waals surface area contributed by atoms with Crippen LogP contribution in [0.3, 0.4) is 0 Å². The minimum absolute atomic E-state index is 0.183. The summed E-state index contributed by atoms with van der Waals surface area (Å²) in [7, 11) is 1.53. The quantitative estimate of drug-likeness (QED) is 0.596. The van der Waals surface area contributed by atoms with E-state index in [1.165, 1.54) is 7.11 Å². The Morgan fingerprint density at radius 2 is 2.06 bits per heavy atom. The highest BCUT2D eigenvalue weighted by Gasteiger charge is 2.27. The molecule has 5 nitrogen and oxygen atoms in total. The first-order chi connectivity index (χ1) is 7.29. The lowest BCUT2D eigenvalue weighted by molar-refractivity contribution is -0.124. The second-order valence-corrected chi connectivity index (χ2v) is 5.03. The van der Waals surface area contributed by atoms with Gasteiger partial charge in [0.1, 0.15) is 0 Å². The van der Waals surface area contributed by atoms with E-state index in [9.17, 15) is 9.90 Å². The van der Waals surface area contributed by atoms with Crippen molar-refractivity contribution < 1.29 is 14.6 Å². The van der Waals surface area contributed by atoms with Crippen molar-refractivity contribution in [2.24, 2.45) is 11.1 Å². The van der Waals surface area contributed by atoms with Crippen LogP contribution in [0.5, 0.6) is 0 Å². The van der Waals surface area contributed by atoms with Crippen LogP contribution in [-0.2, 0) is 9.53 Å². The summed E-state index contributed by atoms with van der Waals surface area (Å²) in [6.07, 6.45) is -0.0765. The van der Waals surface area contributed by atoms with Crippen LogP contribution in [0, 0.1) is 5.41 Å². The van der Waals surface area contributed by atoms with Gasteiger partial charge in [-0.1, -0.05) is 20.8 Å². The van der Waals surface area contributed by atoms with Crippen LogP contribution >= 0.6 is 0 Å². The van der Waals surface area contributed by atoms with E-state index >= 15 is 0 Å². The zero-order chi connectivity index (χ0) is 12.8. The number of methoxy groups -OCH3 is 1. The molecule has 0 bridgehead atoms. The Balaban J connectivity index is 3.82. The standard InChI is InChI=1S/C11H24N2O3/c1-11(2,3)9(12)10(15)13-6-5-8(14)7-16-4/h8-9,14H,5-7,12H2,1-4H3,(H,13,15). The van der Waals surface area contributed by atoms with E-state index in [2.05, 4.69) is 5.32 Å². The van der Waals surface area contributed by atoms with Gasteiger partial charge in [0.15, 0.2) is 0 Å². The average Bonchev–Trinajstić information content (AvgIpc) is 2.15. The number of amides is 1. The topological polar surface area (TPSA) is 84.6 Å². The van der Waals surface area contributed by atoms with Crippen molar-refractivity contribution in [3.8, 4) is 0 Å². The van der Waals surface area contributed by atoms with E-state index < -0.39 is 12.1 Å². The van der Waals surface area contributed by atoms with Gasteiger partial charge in [-0.2, -0.15) is 0 Å². The molecule has 0 aliphatic heterocycles. The number of carbonyl (C=O) groups excluding carboxylic acids is 1. The highest BCUT2D eigenvalue weighted by molar-refractivity contribution is 5.82. The highest BCUT2D eigenvalue weighted by atomic mass is 16.5. The Bertz CT molecular complexity index is 214. The molecule has 0 aromatic heterocycles. The summed E-state index contributed by atoms with van der Waals surface area (Å²) >= 11 is 0. The second kappa shape index (κ2) is 6.83. The second-order valence-electron chi connectivity index (χ2n) is 5.03. The molecule has 0 aromatic rings. The van der Waals surface area contributed by atoms with E-state index in [1.54, 1.807) is 0 Å². The van der Waals surface area contributed by atoms with E-state index in [4.69, 9.17) is 10.5 Å². The lowest BCUT2D eigenvalue weighted by Crippen LogP contribution is -2.49. The number of hydrogen-bond acceptors (Lipinski definition) is 4. The molecule has 0 fully saturated rings. The maximum Gasteiger partial charge on any atom is 0.237 e. The fourth-order valence-corrected chi connectivity index (χ4v) is 1.14. The van der Waals surface area contributed by atoms with Gasteiger partial charge in [-0.05, 0) is 11.8 Å². The Morgan fingerprint density at radius 3 is 2.50 bits per heavy atom. The number of nitrogens with one attached hydrogen (secondary N) is 1.